The summed E-state index contributed by atoms with van der Waals surface area (Å²) in [6.45, 7) is 17.2. The molecule has 0 spiro atoms. The summed E-state index contributed by atoms with van der Waals surface area (Å²) in [6, 6.07) is 1.87. The third-order valence-corrected chi connectivity index (χ3v) is 5.87. The van der Waals surface area contributed by atoms with Gasteiger partial charge in [0.1, 0.15) is 11.3 Å². The molecule has 0 amide bonds. The highest BCUT2D eigenvalue weighted by molar-refractivity contribution is 14.1. The zero-order valence-corrected chi connectivity index (χ0v) is 20.8. The van der Waals surface area contributed by atoms with Crippen molar-refractivity contribution in [3.63, 3.8) is 0 Å². The van der Waals surface area contributed by atoms with E-state index in [1.807, 2.05) is 61.5 Å². The van der Waals surface area contributed by atoms with Crippen LogP contribution in [-0.2, 0) is 4.74 Å². The van der Waals surface area contributed by atoms with Crippen LogP contribution >= 0.6 is 22.6 Å². The van der Waals surface area contributed by atoms with Gasteiger partial charge in [0.2, 0.25) is 0 Å². The quantitative estimate of drug-likeness (QED) is 0.422. The largest absolute Gasteiger partial charge is 0.455 e. The first-order chi connectivity index (χ1) is 13.2. The van der Waals surface area contributed by atoms with Gasteiger partial charge in [0.15, 0.2) is 5.69 Å². The number of nitrogens with one attached hydrogen (secondary N) is 1. The Morgan fingerprint density at radius 1 is 1.07 bits per heavy atom. The number of hydrogen-bond donors (Lipinski definition) is 1. The van der Waals surface area contributed by atoms with Crippen molar-refractivity contribution in [3.8, 4) is 0 Å². The second kappa shape index (κ2) is 8.53. The Morgan fingerprint density at radius 2 is 1.66 bits per heavy atom. The smallest absolute Gasteiger partial charge is 0.379 e. The minimum Gasteiger partial charge on any atom is -0.455 e. The SMILES string of the molecule is Cc1[nH]c(C(=O)On2c(C)cc(C(C)C)c2C(=O)OC(C)(C)C)c(C(C)C)c1I. The van der Waals surface area contributed by atoms with E-state index >= 15 is 0 Å². The number of rotatable bonds is 5. The molecule has 0 saturated heterocycles. The predicted molar refractivity (Wildman–Crippen MR) is 122 cm³/mol. The molecule has 2 heterocycles. The van der Waals surface area contributed by atoms with Crippen LogP contribution in [0.15, 0.2) is 6.07 Å². The topological polar surface area (TPSA) is 73.3 Å². The fourth-order valence-corrected chi connectivity index (χ4v) is 4.21. The molecule has 0 bridgehead atoms. The highest BCUT2D eigenvalue weighted by Crippen LogP contribution is 2.29. The first-order valence-corrected chi connectivity index (χ1v) is 10.9. The van der Waals surface area contributed by atoms with Crippen molar-refractivity contribution in [3.05, 3.63) is 43.5 Å². The molecule has 0 aliphatic rings. The fraction of sp³-hybridized carbons (Fsp3) is 0.545. The Balaban J connectivity index is 2.52. The lowest BCUT2D eigenvalue weighted by Gasteiger charge is -2.21. The molecule has 0 radical (unpaired) electrons. The average Bonchev–Trinajstić information content (AvgIpc) is 3.04. The number of H-pyrrole nitrogens is 1. The molecule has 0 fully saturated rings. The van der Waals surface area contributed by atoms with E-state index in [1.165, 1.54) is 4.73 Å². The Labute approximate surface area is 186 Å². The van der Waals surface area contributed by atoms with Crippen LogP contribution < -0.4 is 4.84 Å². The molecule has 0 aromatic carbocycles. The van der Waals surface area contributed by atoms with E-state index < -0.39 is 17.5 Å². The third-order valence-electron chi connectivity index (χ3n) is 4.48. The van der Waals surface area contributed by atoms with Crippen LogP contribution in [0.1, 0.15) is 104 Å². The molecule has 29 heavy (non-hydrogen) atoms. The predicted octanol–water partition coefficient (Wildman–Crippen LogP) is 5.51. The van der Waals surface area contributed by atoms with E-state index in [0.29, 0.717) is 11.4 Å². The van der Waals surface area contributed by atoms with Gasteiger partial charge in [-0.1, -0.05) is 27.7 Å². The summed E-state index contributed by atoms with van der Waals surface area (Å²) in [4.78, 5) is 34.9. The second-order valence-electron chi connectivity index (χ2n) is 8.93. The number of nitrogens with zero attached hydrogens (tertiary/aromatic N) is 1. The Morgan fingerprint density at radius 3 is 2.14 bits per heavy atom. The van der Waals surface area contributed by atoms with E-state index in [2.05, 4.69) is 27.6 Å². The summed E-state index contributed by atoms with van der Waals surface area (Å²) in [6.07, 6.45) is 0. The highest BCUT2D eigenvalue weighted by Gasteiger charge is 2.30. The van der Waals surface area contributed by atoms with Crippen molar-refractivity contribution in [2.45, 2.75) is 79.8 Å². The van der Waals surface area contributed by atoms with E-state index in [9.17, 15) is 9.59 Å². The minimum atomic E-state index is -0.657. The van der Waals surface area contributed by atoms with Crippen LogP contribution in [0.5, 0.6) is 0 Å². The molecular weight excluding hydrogens is 483 g/mol. The fourth-order valence-electron chi connectivity index (χ4n) is 3.18. The monoisotopic (exact) mass is 514 g/mol. The molecule has 6 nitrogen and oxygen atoms in total. The van der Waals surface area contributed by atoms with Crippen LogP contribution in [0.3, 0.4) is 0 Å². The van der Waals surface area contributed by atoms with Gasteiger partial charge < -0.3 is 14.6 Å². The molecule has 0 atom stereocenters. The molecule has 2 aromatic rings. The number of carbonyl (C=O) groups excluding carboxylic acids is 2. The van der Waals surface area contributed by atoms with Crippen molar-refractivity contribution in [2.24, 2.45) is 0 Å². The van der Waals surface area contributed by atoms with E-state index in [-0.39, 0.29) is 17.5 Å². The van der Waals surface area contributed by atoms with Gasteiger partial charge in [0.05, 0.1) is 5.69 Å². The van der Waals surface area contributed by atoms with Gasteiger partial charge >= 0.3 is 11.9 Å². The van der Waals surface area contributed by atoms with Crippen LogP contribution in [0.4, 0.5) is 0 Å². The van der Waals surface area contributed by atoms with Gasteiger partial charge in [0.25, 0.3) is 0 Å². The number of aryl methyl sites for hydroxylation is 2. The molecule has 1 N–H and O–H groups in total. The first-order valence-electron chi connectivity index (χ1n) is 9.80. The third kappa shape index (κ3) is 5.05. The van der Waals surface area contributed by atoms with Crippen LogP contribution in [0.25, 0.3) is 0 Å². The summed E-state index contributed by atoms with van der Waals surface area (Å²) in [7, 11) is 0. The maximum Gasteiger partial charge on any atom is 0.379 e. The zero-order chi connectivity index (χ0) is 22.3. The summed E-state index contributed by atoms with van der Waals surface area (Å²) in [5, 5.41) is 0. The van der Waals surface area contributed by atoms with Crippen LogP contribution in [0, 0.1) is 17.4 Å². The van der Waals surface area contributed by atoms with Gasteiger partial charge in [-0.3, -0.25) is 0 Å². The summed E-state index contributed by atoms with van der Waals surface area (Å²) < 4.78 is 7.90. The summed E-state index contributed by atoms with van der Waals surface area (Å²) >= 11 is 2.24. The van der Waals surface area contributed by atoms with Gasteiger partial charge in [-0.25, -0.2) is 9.59 Å². The van der Waals surface area contributed by atoms with E-state index in [1.54, 1.807) is 6.92 Å². The number of halogens is 1. The highest BCUT2D eigenvalue weighted by atomic mass is 127. The van der Waals surface area contributed by atoms with E-state index in [0.717, 1.165) is 20.4 Å². The van der Waals surface area contributed by atoms with Crippen LogP contribution in [-0.4, -0.2) is 27.3 Å². The van der Waals surface area contributed by atoms with Crippen molar-refractivity contribution < 1.29 is 19.2 Å². The molecule has 0 aliphatic heterocycles. The number of esters is 1. The van der Waals surface area contributed by atoms with Crippen molar-refractivity contribution in [1.82, 2.24) is 9.71 Å². The minimum absolute atomic E-state index is 0.0658. The van der Waals surface area contributed by atoms with Gasteiger partial charge in [-0.15, -0.1) is 0 Å². The standard InChI is InChI=1S/C22H31IN2O4/c1-11(2)15-10-13(5)25(19(15)21(27)28-22(7,8)9)29-20(26)18-16(12(3)4)17(23)14(6)24-18/h10-12,24H,1-9H3. The number of aromatic amines is 1. The molecule has 0 unspecified atom stereocenters. The van der Waals surface area contributed by atoms with Crippen molar-refractivity contribution >= 4 is 34.5 Å². The lowest BCUT2D eigenvalue weighted by Crippen LogP contribution is -2.30. The number of ether oxygens (including phenoxy) is 1. The molecule has 0 saturated carbocycles. The number of carbonyl (C=O) groups is 2. The average molecular weight is 514 g/mol. The molecule has 2 aromatic heterocycles. The van der Waals surface area contributed by atoms with E-state index in [4.69, 9.17) is 9.57 Å². The molecule has 2 rings (SSSR count). The first kappa shape index (κ1) is 23.5. The zero-order valence-electron chi connectivity index (χ0n) is 18.7. The van der Waals surface area contributed by atoms with Gasteiger partial charge in [-0.05, 0) is 80.7 Å². The summed E-state index contributed by atoms with van der Waals surface area (Å²) in [5.41, 5.74) is 3.29. The second-order valence-corrected chi connectivity index (χ2v) is 10.0. The molecule has 7 heteroatoms. The van der Waals surface area contributed by atoms with Crippen molar-refractivity contribution in [2.75, 3.05) is 0 Å². The van der Waals surface area contributed by atoms with Gasteiger partial charge in [0, 0.05) is 14.8 Å². The lowest BCUT2D eigenvalue weighted by atomic mass is 10.0. The maximum absolute atomic E-state index is 13.1. The van der Waals surface area contributed by atoms with Gasteiger partial charge in [-0.2, -0.15) is 4.73 Å². The molecule has 160 valence electrons. The number of hydrogen-bond acceptors (Lipinski definition) is 4. The maximum atomic E-state index is 13.1. The van der Waals surface area contributed by atoms with Crippen molar-refractivity contribution in [1.29, 1.82) is 0 Å². The summed E-state index contributed by atoms with van der Waals surface area (Å²) in [5.74, 6) is -0.824. The van der Waals surface area contributed by atoms with Crippen LogP contribution in [0.2, 0.25) is 0 Å². The Kier molecular flexibility index (Phi) is 6.92. The molecular formula is C22H31IN2O4. The Bertz CT molecular complexity index is 930. The number of aromatic nitrogens is 2. The molecule has 0 aliphatic carbocycles. The lowest BCUT2D eigenvalue weighted by molar-refractivity contribution is 0.00205. The normalized spacial score (nSPS) is 12.0. The Hall–Kier alpha value is -1.77.